The molecule has 1 spiro atoms. The van der Waals surface area contributed by atoms with Crippen molar-refractivity contribution in [3.8, 4) is 0 Å². The van der Waals surface area contributed by atoms with Gasteiger partial charge in [-0.25, -0.2) is 0 Å². The third-order valence-electron chi connectivity index (χ3n) is 7.02. The van der Waals surface area contributed by atoms with Gasteiger partial charge in [0, 0.05) is 8.07 Å². The maximum Gasteiger partial charge on any atom is 0.320 e. The van der Waals surface area contributed by atoms with Gasteiger partial charge in [-0.15, -0.1) is 0 Å². The number of cyclic esters (lactones) is 2. The topological polar surface area (TPSA) is 43.4 Å². The highest BCUT2D eigenvalue weighted by Crippen LogP contribution is 2.73. The number of carbonyl (C=O) groups is 2. The van der Waals surface area contributed by atoms with Gasteiger partial charge in [0.05, 0.1) is 11.8 Å². The Morgan fingerprint density at radius 3 is 2.13 bits per heavy atom. The zero-order chi connectivity index (χ0) is 16.6. The molecule has 23 heavy (non-hydrogen) atoms. The van der Waals surface area contributed by atoms with Crippen molar-refractivity contribution in [3.63, 3.8) is 0 Å². The monoisotopic (exact) mass is 334 g/mol. The van der Waals surface area contributed by atoms with Crippen molar-refractivity contribution < 1.29 is 14.3 Å². The molecule has 5 aliphatic rings. The molecule has 1 aliphatic heterocycles. The molecule has 0 aromatic carbocycles. The number of hydrogen-bond acceptors (Lipinski definition) is 3. The molecule has 0 aromatic rings. The van der Waals surface area contributed by atoms with Gasteiger partial charge in [0.15, 0.2) is 0 Å². The lowest BCUT2D eigenvalue weighted by atomic mass is 9.60. The van der Waals surface area contributed by atoms with Crippen LogP contribution in [-0.2, 0) is 14.3 Å². The number of esters is 2. The summed E-state index contributed by atoms with van der Waals surface area (Å²) in [5.74, 6) is 4.18. The van der Waals surface area contributed by atoms with Crippen LogP contribution in [0.1, 0.15) is 38.5 Å². The number of carbonyl (C=O) groups excluding carboxylic acids is 2. The second-order valence-electron chi connectivity index (χ2n) is 10.4. The van der Waals surface area contributed by atoms with E-state index in [1.54, 1.807) is 0 Å². The van der Waals surface area contributed by atoms with Crippen LogP contribution in [0.15, 0.2) is 0 Å². The average Bonchev–Trinajstić information content (AvgIpc) is 3.16. The third kappa shape index (κ3) is 2.35. The summed E-state index contributed by atoms with van der Waals surface area (Å²) >= 11 is 0. The molecule has 5 rings (SSSR count). The van der Waals surface area contributed by atoms with E-state index in [1.807, 2.05) is 0 Å². The average molecular weight is 335 g/mol. The van der Waals surface area contributed by atoms with Gasteiger partial charge in [-0.2, -0.15) is 0 Å². The van der Waals surface area contributed by atoms with Gasteiger partial charge in [-0.3, -0.25) is 9.59 Å². The predicted molar refractivity (Wildman–Crippen MR) is 91.4 cm³/mol. The molecule has 4 aliphatic carbocycles. The Bertz CT molecular complexity index is 545. The van der Waals surface area contributed by atoms with Crippen molar-refractivity contribution in [1.29, 1.82) is 0 Å². The number of ether oxygens (including phenoxy) is 1. The zero-order valence-corrected chi connectivity index (χ0v) is 15.9. The molecule has 5 fully saturated rings. The minimum absolute atomic E-state index is 0.179. The highest BCUT2D eigenvalue weighted by atomic mass is 28.3. The van der Waals surface area contributed by atoms with Crippen molar-refractivity contribution in [2.24, 2.45) is 40.9 Å². The Morgan fingerprint density at radius 1 is 0.957 bits per heavy atom. The largest absolute Gasteiger partial charge is 0.393 e. The van der Waals surface area contributed by atoms with Crippen LogP contribution >= 0.6 is 0 Å². The van der Waals surface area contributed by atoms with E-state index >= 15 is 0 Å². The van der Waals surface area contributed by atoms with Gasteiger partial charge in [-0.1, -0.05) is 26.2 Å². The first-order valence-corrected chi connectivity index (χ1v) is 13.4. The molecule has 3 nitrogen and oxygen atoms in total. The van der Waals surface area contributed by atoms with Crippen LogP contribution in [-0.4, -0.2) is 20.0 Å². The first-order chi connectivity index (χ1) is 10.7. The first kappa shape index (κ1) is 15.9. The van der Waals surface area contributed by atoms with E-state index in [9.17, 15) is 9.59 Å². The lowest BCUT2D eigenvalue weighted by Gasteiger charge is -2.41. The van der Waals surface area contributed by atoms with E-state index < -0.39 is 8.07 Å². The molecule has 1 saturated heterocycles. The summed E-state index contributed by atoms with van der Waals surface area (Å²) in [5, 5.41) is 0. The Kier molecular flexibility index (Phi) is 3.40. The summed E-state index contributed by atoms with van der Waals surface area (Å²) in [6.07, 6.45) is 6.73. The Labute approximate surface area is 140 Å². The minimum Gasteiger partial charge on any atom is -0.393 e. The van der Waals surface area contributed by atoms with E-state index in [4.69, 9.17) is 4.74 Å². The van der Waals surface area contributed by atoms with Crippen LogP contribution in [0.3, 0.4) is 0 Å². The Hall–Kier alpha value is -0.643. The molecule has 7 unspecified atom stereocenters. The van der Waals surface area contributed by atoms with Gasteiger partial charge < -0.3 is 4.74 Å². The Morgan fingerprint density at radius 2 is 1.57 bits per heavy atom. The molecule has 0 amide bonds. The fraction of sp³-hybridized carbons (Fsp3) is 0.895. The molecule has 0 aromatic heterocycles. The molecule has 4 heteroatoms. The van der Waals surface area contributed by atoms with E-state index in [-0.39, 0.29) is 17.4 Å². The number of fused-ring (bicyclic) bond motifs is 10. The second kappa shape index (κ2) is 4.93. The van der Waals surface area contributed by atoms with Gasteiger partial charge in [0.2, 0.25) is 0 Å². The summed E-state index contributed by atoms with van der Waals surface area (Å²) < 4.78 is 4.90. The molecule has 7 atom stereocenters. The lowest BCUT2D eigenvalue weighted by Crippen LogP contribution is -2.42. The normalized spacial score (nSPS) is 49.4. The molecule has 1 heterocycles. The highest BCUT2D eigenvalue weighted by molar-refractivity contribution is 6.74. The minimum atomic E-state index is -0.611. The molecular weight excluding hydrogens is 304 g/mol. The number of rotatable bonds is 0. The van der Waals surface area contributed by atoms with Gasteiger partial charge in [0.1, 0.15) is 0 Å². The lowest BCUT2D eigenvalue weighted by molar-refractivity contribution is -0.157. The van der Waals surface area contributed by atoms with Crippen molar-refractivity contribution in [2.75, 3.05) is 0 Å². The van der Waals surface area contributed by atoms with Crippen molar-refractivity contribution in [1.82, 2.24) is 0 Å². The summed E-state index contributed by atoms with van der Waals surface area (Å²) in [6, 6.07) is 0. The van der Waals surface area contributed by atoms with E-state index in [1.165, 1.54) is 25.7 Å². The smallest absolute Gasteiger partial charge is 0.320 e. The van der Waals surface area contributed by atoms with Crippen LogP contribution in [0.4, 0.5) is 0 Å². The first-order valence-electron chi connectivity index (χ1n) is 9.44. The fourth-order valence-corrected chi connectivity index (χ4v) is 6.76. The molecule has 0 radical (unpaired) electrons. The maximum absolute atomic E-state index is 12.2. The maximum atomic E-state index is 12.2. The molecule has 4 saturated carbocycles. The van der Waals surface area contributed by atoms with E-state index in [0.717, 1.165) is 30.1 Å². The quantitative estimate of drug-likeness (QED) is 0.290. The second-order valence-corrected chi connectivity index (χ2v) is 16.4. The fourth-order valence-electron chi connectivity index (χ4n) is 6.76. The van der Waals surface area contributed by atoms with Crippen molar-refractivity contribution >= 4 is 20.0 Å². The molecule has 0 N–H and O–H groups in total. The zero-order valence-electron chi connectivity index (χ0n) is 14.9. The SMILES string of the molecule is C[Si](C)(C)C.O=C1CC2(CC3CC2C2C4CCC(C4)C32)C(=O)O1. The van der Waals surface area contributed by atoms with E-state index in [0.29, 0.717) is 18.3 Å². The van der Waals surface area contributed by atoms with Gasteiger partial charge in [-0.05, 0) is 67.6 Å². The Balaban J connectivity index is 0.000000240. The summed E-state index contributed by atoms with van der Waals surface area (Å²) in [6.45, 7) is 9.31. The van der Waals surface area contributed by atoms with Crippen molar-refractivity contribution in [2.45, 2.75) is 64.7 Å². The molecular formula is C19H30O3Si. The summed E-state index contributed by atoms with van der Waals surface area (Å²) in [7, 11) is -0.611. The third-order valence-corrected chi connectivity index (χ3v) is 7.02. The van der Waals surface area contributed by atoms with Crippen LogP contribution in [0, 0.1) is 40.9 Å². The summed E-state index contributed by atoms with van der Waals surface area (Å²) in [4.78, 5) is 23.7. The highest BCUT2D eigenvalue weighted by Gasteiger charge is 2.71. The summed E-state index contributed by atoms with van der Waals surface area (Å²) in [5.41, 5.74) is -0.382. The molecule has 4 bridgehead atoms. The van der Waals surface area contributed by atoms with Crippen LogP contribution in [0.5, 0.6) is 0 Å². The standard InChI is InChI=1S/C15H18O3.C4H12Si/c16-11-6-15(14(17)18-11)5-9-4-10(15)13-8-2-1-7(3-8)12(9)13;1-5(2,3)4/h7-10,12-13H,1-6H2;1-4H3. The van der Waals surface area contributed by atoms with E-state index in [2.05, 4.69) is 26.2 Å². The van der Waals surface area contributed by atoms with Crippen LogP contribution in [0.2, 0.25) is 26.2 Å². The van der Waals surface area contributed by atoms with Gasteiger partial charge in [0.25, 0.3) is 0 Å². The van der Waals surface area contributed by atoms with Crippen LogP contribution < -0.4 is 0 Å². The van der Waals surface area contributed by atoms with Gasteiger partial charge >= 0.3 is 11.9 Å². The number of hydrogen-bond donors (Lipinski definition) is 0. The molecule has 128 valence electrons. The predicted octanol–water partition coefficient (Wildman–Crippen LogP) is 4.10. The van der Waals surface area contributed by atoms with Crippen molar-refractivity contribution in [3.05, 3.63) is 0 Å². The van der Waals surface area contributed by atoms with Crippen LogP contribution in [0.25, 0.3) is 0 Å².